The molecule has 0 radical (unpaired) electrons. The second kappa shape index (κ2) is 9.85. The average Bonchev–Trinajstić information content (AvgIpc) is 2.72. The summed E-state index contributed by atoms with van der Waals surface area (Å²) < 4.78 is 12.6. The van der Waals surface area contributed by atoms with Gasteiger partial charge in [0.1, 0.15) is 19.5 Å². The van der Waals surface area contributed by atoms with Gasteiger partial charge in [0.15, 0.2) is 11.5 Å². The van der Waals surface area contributed by atoms with Crippen molar-refractivity contribution < 1.29 is 9.47 Å². The van der Waals surface area contributed by atoms with Crippen LogP contribution < -0.4 is 15.0 Å². The lowest BCUT2D eigenvalue weighted by molar-refractivity contribution is 0.171. The van der Waals surface area contributed by atoms with Gasteiger partial charge in [0.25, 0.3) is 5.56 Å². The zero-order chi connectivity index (χ0) is 20.8. The number of allylic oxidation sites excluding steroid dienone is 5. The minimum absolute atomic E-state index is 0.0582. The fourth-order valence-corrected chi connectivity index (χ4v) is 3.10. The van der Waals surface area contributed by atoms with Crippen molar-refractivity contribution in [1.29, 1.82) is 0 Å². The van der Waals surface area contributed by atoms with Crippen LogP contribution in [0.1, 0.15) is 26.0 Å². The molecule has 0 saturated carbocycles. The van der Waals surface area contributed by atoms with Crippen LogP contribution in [0, 0.1) is 0 Å². The molecule has 1 aromatic carbocycles. The largest absolute Gasteiger partial charge is 0.486 e. The van der Waals surface area contributed by atoms with Crippen molar-refractivity contribution in [2.45, 2.75) is 30.5 Å². The van der Waals surface area contributed by atoms with Gasteiger partial charge >= 0.3 is 0 Å². The zero-order valence-electron chi connectivity index (χ0n) is 16.3. The SMILES string of the molecule is CC/C=C(\C=C/C(C)Cl)/C=C/c1ncn(-c2ccc3c(c2)OCCO3)c(=O)c1S. The van der Waals surface area contributed by atoms with Crippen LogP contribution in [0.15, 0.2) is 64.1 Å². The smallest absolute Gasteiger partial charge is 0.271 e. The van der Waals surface area contributed by atoms with Gasteiger partial charge in [0, 0.05) is 11.4 Å². The number of hydrogen-bond donors (Lipinski definition) is 1. The van der Waals surface area contributed by atoms with Crippen molar-refractivity contribution in [1.82, 2.24) is 9.55 Å². The first-order chi connectivity index (χ1) is 14.0. The molecule has 0 bridgehead atoms. The second-order valence-electron chi connectivity index (χ2n) is 6.46. The molecule has 0 spiro atoms. The highest BCUT2D eigenvalue weighted by Gasteiger charge is 2.14. The summed E-state index contributed by atoms with van der Waals surface area (Å²) in [5.74, 6) is 1.28. The Kier molecular flexibility index (Phi) is 7.23. The summed E-state index contributed by atoms with van der Waals surface area (Å²) in [6.45, 7) is 4.96. The van der Waals surface area contributed by atoms with E-state index in [1.165, 1.54) is 10.9 Å². The van der Waals surface area contributed by atoms with E-state index in [9.17, 15) is 4.79 Å². The molecule has 29 heavy (non-hydrogen) atoms. The number of thiol groups is 1. The highest BCUT2D eigenvalue weighted by Crippen LogP contribution is 2.31. The molecule has 0 saturated heterocycles. The fourth-order valence-electron chi connectivity index (χ4n) is 2.79. The summed E-state index contributed by atoms with van der Waals surface area (Å²) in [5.41, 5.74) is 1.88. The summed E-state index contributed by atoms with van der Waals surface area (Å²) in [6, 6.07) is 5.34. The highest BCUT2D eigenvalue weighted by atomic mass is 35.5. The quantitative estimate of drug-likeness (QED) is 0.405. The number of hydrogen-bond acceptors (Lipinski definition) is 5. The maximum Gasteiger partial charge on any atom is 0.271 e. The van der Waals surface area contributed by atoms with Crippen molar-refractivity contribution in [2.24, 2.45) is 0 Å². The van der Waals surface area contributed by atoms with Gasteiger partial charge in [-0.15, -0.1) is 24.2 Å². The molecule has 0 aliphatic carbocycles. The molecule has 1 unspecified atom stereocenters. The Bertz CT molecular complexity index is 1030. The molecule has 2 heterocycles. The minimum atomic E-state index is -0.259. The van der Waals surface area contributed by atoms with Gasteiger partial charge in [-0.2, -0.15) is 0 Å². The molecule has 1 aromatic heterocycles. The molecule has 0 fully saturated rings. The molecule has 3 rings (SSSR count). The van der Waals surface area contributed by atoms with Crippen LogP contribution in [-0.2, 0) is 0 Å². The number of rotatable bonds is 6. The number of nitrogens with zero attached hydrogens (tertiary/aromatic N) is 2. The van der Waals surface area contributed by atoms with Crippen LogP contribution in [-0.4, -0.2) is 28.1 Å². The molecule has 1 aliphatic heterocycles. The normalized spacial score (nSPS) is 15.2. The lowest BCUT2D eigenvalue weighted by atomic mass is 10.1. The Morgan fingerprint density at radius 2 is 2.07 bits per heavy atom. The van der Waals surface area contributed by atoms with Crippen LogP contribution in [0.5, 0.6) is 11.5 Å². The van der Waals surface area contributed by atoms with Crippen molar-refractivity contribution in [3.05, 3.63) is 70.5 Å². The second-order valence-corrected chi connectivity index (χ2v) is 7.60. The van der Waals surface area contributed by atoms with Crippen molar-refractivity contribution in [3.63, 3.8) is 0 Å². The minimum Gasteiger partial charge on any atom is -0.486 e. The molecule has 5 nitrogen and oxygen atoms in total. The molecular formula is C22H23ClN2O3S. The van der Waals surface area contributed by atoms with Gasteiger partial charge in [-0.1, -0.05) is 31.2 Å². The Morgan fingerprint density at radius 3 is 2.79 bits per heavy atom. The molecule has 2 aromatic rings. The number of benzene rings is 1. The number of ether oxygens (including phenoxy) is 2. The topological polar surface area (TPSA) is 53.4 Å². The summed E-state index contributed by atoms with van der Waals surface area (Å²) in [4.78, 5) is 17.5. The average molecular weight is 431 g/mol. The Labute approximate surface area is 180 Å². The van der Waals surface area contributed by atoms with Gasteiger partial charge in [0.2, 0.25) is 0 Å². The summed E-state index contributed by atoms with van der Waals surface area (Å²) in [6.07, 6.45) is 12.0. The molecule has 1 atom stereocenters. The van der Waals surface area contributed by atoms with E-state index in [-0.39, 0.29) is 15.8 Å². The van der Waals surface area contributed by atoms with Gasteiger partial charge in [-0.05, 0) is 37.1 Å². The predicted molar refractivity (Wildman–Crippen MR) is 120 cm³/mol. The number of alkyl halides is 1. The molecular weight excluding hydrogens is 408 g/mol. The molecule has 0 N–H and O–H groups in total. The van der Waals surface area contributed by atoms with Gasteiger partial charge in [-0.25, -0.2) is 4.98 Å². The van der Waals surface area contributed by atoms with E-state index in [4.69, 9.17) is 21.1 Å². The lowest BCUT2D eigenvalue weighted by Gasteiger charge is -2.19. The standard InChI is InChI=1S/C22H23ClN2O3S/c1-3-4-16(6-5-15(2)23)7-9-18-21(29)22(26)25(14-24-18)17-8-10-19-20(13-17)28-12-11-27-19/h4-10,13-15,29H,3,11-12H2,1-2H3/b6-5-,9-7+,16-4+. The van der Waals surface area contributed by atoms with Crippen molar-refractivity contribution in [3.8, 4) is 17.2 Å². The van der Waals surface area contributed by atoms with E-state index >= 15 is 0 Å². The Morgan fingerprint density at radius 1 is 1.31 bits per heavy atom. The maximum atomic E-state index is 12.8. The summed E-state index contributed by atoms with van der Waals surface area (Å²) in [5, 5.41) is -0.0582. The third-order valence-electron chi connectivity index (χ3n) is 4.21. The predicted octanol–water partition coefficient (Wildman–Crippen LogP) is 4.83. The van der Waals surface area contributed by atoms with E-state index < -0.39 is 0 Å². The molecule has 152 valence electrons. The number of fused-ring (bicyclic) bond motifs is 1. The Balaban J connectivity index is 1.90. The zero-order valence-corrected chi connectivity index (χ0v) is 18.0. The molecule has 1 aliphatic rings. The van der Waals surface area contributed by atoms with Crippen LogP contribution in [0.4, 0.5) is 0 Å². The highest BCUT2D eigenvalue weighted by molar-refractivity contribution is 7.80. The van der Waals surface area contributed by atoms with E-state index in [0.717, 1.165) is 12.0 Å². The lowest BCUT2D eigenvalue weighted by Crippen LogP contribution is -2.21. The van der Waals surface area contributed by atoms with Crippen LogP contribution in [0.3, 0.4) is 0 Å². The van der Waals surface area contributed by atoms with Crippen LogP contribution in [0.2, 0.25) is 0 Å². The van der Waals surface area contributed by atoms with Gasteiger partial charge < -0.3 is 9.47 Å². The number of halogens is 1. The van der Waals surface area contributed by atoms with Crippen molar-refractivity contribution in [2.75, 3.05) is 13.2 Å². The Hall–Kier alpha value is -2.44. The third kappa shape index (κ3) is 5.34. The first-order valence-electron chi connectivity index (χ1n) is 9.40. The monoisotopic (exact) mass is 430 g/mol. The summed E-state index contributed by atoms with van der Waals surface area (Å²) in [7, 11) is 0. The van der Waals surface area contributed by atoms with Gasteiger partial charge in [-0.3, -0.25) is 9.36 Å². The number of aromatic nitrogens is 2. The van der Waals surface area contributed by atoms with Crippen LogP contribution >= 0.6 is 24.2 Å². The first-order valence-corrected chi connectivity index (χ1v) is 10.3. The van der Waals surface area contributed by atoms with E-state index in [0.29, 0.717) is 36.1 Å². The maximum absolute atomic E-state index is 12.8. The van der Waals surface area contributed by atoms with E-state index in [1.54, 1.807) is 24.3 Å². The van der Waals surface area contributed by atoms with E-state index in [2.05, 4.69) is 30.6 Å². The molecule has 0 amide bonds. The van der Waals surface area contributed by atoms with Crippen molar-refractivity contribution >= 4 is 30.3 Å². The van der Waals surface area contributed by atoms with Crippen LogP contribution in [0.25, 0.3) is 11.8 Å². The first kappa shape index (κ1) is 21.3. The van der Waals surface area contributed by atoms with E-state index in [1.807, 2.05) is 25.2 Å². The fraction of sp³-hybridized carbons (Fsp3) is 0.273. The third-order valence-corrected chi connectivity index (χ3v) is 4.77. The molecule has 7 heteroatoms. The summed E-state index contributed by atoms with van der Waals surface area (Å²) >= 11 is 10.4. The van der Waals surface area contributed by atoms with Gasteiger partial charge in [0.05, 0.1) is 16.3 Å².